The van der Waals surface area contributed by atoms with E-state index in [2.05, 4.69) is 36.3 Å². The first-order valence-corrected chi connectivity index (χ1v) is 5.57. The van der Waals surface area contributed by atoms with E-state index in [1.165, 1.54) is 33.3 Å². The molecule has 1 aromatic heterocycles. The van der Waals surface area contributed by atoms with Gasteiger partial charge in [-0.05, 0) is 30.5 Å². The molecule has 2 heteroatoms. The molecule has 0 radical (unpaired) electrons. The molecule has 3 rings (SSSR count). The van der Waals surface area contributed by atoms with Crippen LogP contribution in [0.4, 0.5) is 0 Å². The van der Waals surface area contributed by atoms with Gasteiger partial charge in [-0.15, -0.1) is 0 Å². The molecule has 2 nitrogen and oxygen atoms in total. The van der Waals surface area contributed by atoms with Crippen molar-refractivity contribution in [2.75, 3.05) is 6.54 Å². The summed E-state index contributed by atoms with van der Waals surface area (Å²) in [5.41, 5.74) is 6.99. The van der Waals surface area contributed by atoms with Crippen LogP contribution in [0.1, 0.15) is 22.4 Å². The lowest BCUT2D eigenvalue weighted by atomic mass is 10.0. The smallest absolute Gasteiger partial charge is 0.0491 e. The van der Waals surface area contributed by atoms with E-state index in [-0.39, 0.29) is 0 Å². The van der Waals surface area contributed by atoms with E-state index < -0.39 is 0 Å². The highest BCUT2D eigenvalue weighted by Gasteiger charge is 2.16. The number of benzene rings is 1. The third kappa shape index (κ3) is 1.21. The summed E-state index contributed by atoms with van der Waals surface area (Å²) in [6, 6.07) is 4.42. The summed E-state index contributed by atoms with van der Waals surface area (Å²) in [5.74, 6) is 0. The summed E-state index contributed by atoms with van der Waals surface area (Å²) in [6.45, 7) is 6.49. The van der Waals surface area contributed by atoms with Crippen LogP contribution < -0.4 is 5.32 Å². The van der Waals surface area contributed by atoms with Crippen molar-refractivity contribution in [3.8, 4) is 0 Å². The zero-order valence-electron chi connectivity index (χ0n) is 9.28. The van der Waals surface area contributed by atoms with Crippen LogP contribution in [0.15, 0.2) is 12.1 Å². The number of fused-ring (bicyclic) bond motifs is 3. The monoisotopic (exact) mass is 200 g/mol. The highest BCUT2D eigenvalue weighted by atomic mass is 14.9. The number of rotatable bonds is 0. The number of aromatic nitrogens is 1. The topological polar surface area (TPSA) is 27.8 Å². The number of H-pyrrole nitrogens is 1. The molecule has 0 amide bonds. The zero-order valence-corrected chi connectivity index (χ0v) is 9.28. The molecule has 2 heterocycles. The fourth-order valence-electron chi connectivity index (χ4n) is 2.57. The van der Waals surface area contributed by atoms with Gasteiger partial charge in [0.2, 0.25) is 0 Å². The van der Waals surface area contributed by atoms with Crippen LogP contribution in [0, 0.1) is 13.8 Å². The Kier molecular flexibility index (Phi) is 1.86. The van der Waals surface area contributed by atoms with Crippen LogP contribution in [0.25, 0.3) is 10.9 Å². The predicted molar refractivity (Wildman–Crippen MR) is 63.2 cm³/mol. The fraction of sp³-hybridized carbons (Fsp3) is 0.385. The van der Waals surface area contributed by atoms with Gasteiger partial charge in [-0.2, -0.15) is 0 Å². The van der Waals surface area contributed by atoms with E-state index in [0.29, 0.717) is 0 Å². The largest absolute Gasteiger partial charge is 0.358 e. The van der Waals surface area contributed by atoms with Gasteiger partial charge in [-0.25, -0.2) is 0 Å². The van der Waals surface area contributed by atoms with Gasteiger partial charge in [-0.1, -0.05) is 12.1 Å². The standard InChI is InChI=1S/C13H16N2/c1-8-3-4-9(2)13-12(8)10-7-14-6-5-11(10)15-13/h3-4,14-15H,5-7H2,1-2H3. The molecular formula is C13H16N2. The highest BCUT2D eigenvalue weighted by molar-refractivity contribution is 5.90. The Balaban J connectivity index is 2.41. The molecule has 2 N–H and O–H groups in total. The number of hydrogen-bond acceptors (Lipinski definition) is 1. The van der Waals surface area contributed by atoms with Gasteiger partial charge in [-0.3, -0.25) is 0 Å². The molecule has 0 unspecified atom stereocenters. The average Bonchev–Trinajstić information content (AvgIpc) is 2.64. The lowest BCUT2D eigenvalue weighted by molar-refractivity contribution is 0.640. The molecule has 0 saturated heterocycles. The minimum atomic E-state index is 1.01. The van der Waals surface area contributed by atoms with Crippen LogP contribution in [0.5, 0.6) is 0 Å². The number of nitrogens with one attached hydrogen (secondary N) is 2. The summed E-state index contributed by atoms with van der Waals surface area (Å²) in [6.07, 6.45) is 1.13. The van der Waals surface area contributed by atoms with Crippen molar-refractivity contribution in [1.82, 2.24) is 10.3 Å². The summed E-state index contributed by atoms with van der Waals surface area (Å²) >= 11 is 0. The molecule has 78 valence electrons. The summed E-state index contributed by atoms with van der Waals surface area (Å²) in [4.78, 5) is 3.59. The molecule has 1 aromatic carbocycles. The minimum Gasteiger partial charge on any atom is -0.358 e. The lowest BCUT2D eigenvalue weighted by Crippen LogP contribution is -2.22. The van der Waals surface area contributed by atoms with Crippen molar-refractivity contribution in [2.24, 2.45) is 0 Å². The highest BCUT2D eigenvalue weighted by Crippen LogP contribution is 2.29. The maximum absolute atomic E-state index is 3.59. The first kappa shape index (κ1) is 8.98. The van der Waals surface area contributed by atoms with Crippen LogP contribution >= 0.6 is 0 Å². The third-order valence-corrected chi connectivity index (χ3v) is 3.42. The molecule has 0 spiro atoms. The van der Waals surface area contributed by atoms with Gasteiger partial charge in [0, 0.05) is 36.1 Å². The van der Waals surface area contributed by atoms with Crippen molar-refractivity contribution in [3.63, 3.8) is 0 Å². The van der Waals surface area contributed by atoms with Gasteiger partial charge in [0.05, 0.1) is 0 Å². The Morgan fingerprint density at radius 1 is 1.13 bits per heavy atom. The maximum atomic E-state index is 3.59. The Hall–Kier alpha value is -1.28. The molecule has 1 aliphatic heterocycles. The maximum Gasteiger partial charge on any atom is 0.0491 e. The first-order chi connectivity index (χ1) is 7.27. The molecule has 0 aliphatic carbocycles. The van der Waals surface area contributed by atoms with Crippen molar-refractivity contribution in [3.05, 3.63) is 34.5 Å². The molecule has 0 fully saturated rings. The zero-order chi connectivity index (χ0) is 10.4. The van der Waals surface area contributed by atoms with E-state index in [0.717, 1.165) is 19.5 Å². The van der Waals surface area contributed by atoms with Crippen molar-refractivity contribution in [1.29, 1.82) is 0 Å². The van der Waals surface area contributed by atoms with Gasteiger partial charge < -0.3 is 10.3 Å². The summed E-state index contributed by atoms with van der Waals surface area (Å²) in [7, 11) is 0. The van der Waals surface area contributed by atoms with E-state index >= 15 is 0 Å². The first-order valence-electron chi connectivity index (χ1n) is 5.57. The molecule has 0 atom stereocenters. The Labute approximate surface area is 89.7 Å². The van der Waals surface area contributed by atoms with Crippen molar-refractivity contribution < 1.29 is 0 Å². The molecule has 15 heavy (non-hydrogen) atoms. The SMILES string of the molecule is Cc1ccc(C)c2c3c([nH]c12)CCNC3. The number of hydrogen-bond donors (Lipinski definition) is 2. The Morgan fingerprint density at radius 2 is 1.93 bits per heavy atom. The van der Waals surface area contributed by atoms with Gasteiger partial charge in [0.1, 0.15) is 0 Å². The van der Waals surface area contributed by atoms with Crippen LogP contribution in [-0.2, 0) is 13.0 Å². The van der Waals surface area contributed by atoms with Crippen LogP contribution in [0.2, 0.25) is 0 Å². The molecular weight excluding hydrogens is 184 g/mol. The number of aromatic amines is 1. The number of aryl methyl sites for hydroxylation is 2. The van der Waals surface area contributed by atoms with E-state index in [9.17, 15) is 0 Å². The minimum absolute atomic E-state index is 1.01. The Bertz CT molecular complexity index is 523. The van der Waals surface area contributed by atoms with Gasteiger partial charge in [0.25, 0.3) is 0 Å². The second kappa shape index (κ2) is 3.11. The second-order valence-electron chi connectivity index (χ2n) is 4.46. The van der Waals surface area contributed by atoms with E-state index in [1.807, 2.05) is 0 Å². The lowest BCUT2D eigenvalue weighted by Gasteiger charge is -2.13. The van der Waals surface area contributed by atoms with Crippen LogP contribution in [0.3, 0.4) is 0 Å². The fourth-order valence-corrected chi connectivity index (χ4v) is 2.57. The summed E-state index contributed by atoms with van der Waals surface area (Å²) < 4.78 is 0. The van der Waals surface area contributed by atoms with Gasteiger partial charge >= 0.3 is 0 Å². The van der Waals surface area contributed by atoms with Crippen LogP contribution in [-0.4, -0.2) is 11.5 Å². The molecule has 0 bridgehead atoms. The summed E-state index contributed by atoms with van der Waals surface area (Å²) in [5, 5.41) is 4.89. The molecule has 1 aliphatic rings. The predicted octanol–water partition coefficient (Wildman–Crippen LogP) is 2.43. The third-order valence-electron chi connectivity index (χ3n) is 3.42. The van der Waals surface area contributed by atoms with E-state index in [4.69, 9.17) is 0 Å². The normalized spacial score (nSPS) is 15.6. The Morgan fingerprint density at radius 3 is 2.80 bits per heavy atom. The van der Waals surface area contributed by atoms with Crippen molar-refractivity contribution >= 4 is 10.9 Å². The molecule has 2 aromatic rings. The second-order valence-corrected chi connectivity index (χ2v) is 4.46. The van der Waals surface area contributed by atoms with Gasteiger partial charge in [0.15, 0.2) is 0 Å². The quantitative estimate of drug-likeness (QED) is 0.671. The van der Waals surface area contributed by atoms with E-state index in [1.54, 1.807) is 0 Å². The average molecular weight is 200 g/mol. The van der Waals surface area contributed by atoms with Crippen molar-refractivity contribution in [2.45, 2.75) is 26.8 Å². The molecule has 0 saturated carbocycles.